The molecule has 2 aromatic rings. The third-order valence-electron chi connectivity index (χ3n) is 5.15. The smallest absolute Gasteiger partial charge is 0.229 e. The molecule has 4 nitrogen and oxygen atoms in total. The fraction of sp³-hybridized carbons (Fsp3) is 0.391. The summed E-state index contributed by atoms with van der Waals surface area (Å²) in [5, 5.41) is 3.06. The van der Waals surface area contributed by atoms with Crippen molar-refractivity contribution in [1.29, 1.82) is 0 Å². The predicted molar refractivity (Wildman–Crippen MR) is 118 cm³/mol. The fourth-order valence-corrected chi connectivity index (χ4v) is 3.99. The number of carbonyl (C=O) groups is 2. The highest BCUT2D eigenvalue weighted by Crippen LogP contribution is 2.25. The summed E-state index contributed by atoms with van der Waals surface area (Å²) in [4.78, 5) is 26.9. The van der Waals surface area contributed by atoms with Gasteiger partial charge in [0.05, 0.1) is 5.92 Å². The summed E-state index contributed by atoms with van der Waals surface area (Å²) in [6, 6.07) is 16.3. The summed E-state index contributed by atoms with van der Waals surface area (Å²) in [6.45, 7) is 3.36. The molecule has 1 N–H and O–H groups in total. The Morgan fingerprint density at radius 2 is 1.89 bits per heavy atom. The van der Waals surface area contributed by atoms with Crippen molar-refractivity contribution in [2.45, 2.75) is 26.2 Å². The van der Waals surface area contributed by atoms with E-state index >= 15 is 0 Å². The van der Waals surface area contributed by atoms with Gasteiger partial charge in [0.15, 0.2) is 0 Å². The van der Waals surface area contributed by atoms with Gasteiger partial charge in [0, 0.05) is 31.0 Å². The number of hydrogen-bond acceptors (Lipinski definition) is 3. The number of carbonyl (C=O) groups excluding carboxylic acids is 2. The Bertz CT molecular complexity index is 837. The van der Waals surface area contributed by atoms with E-state index in [1.54, 1.807) is 11.8 Å². The average molecular weight is 397 g/mol. The number of rotatable bonds is 6. The minimum absolute atomic E-state index is 0.00348. The number of hydrogen-bond donors (Lipinski definition) is 1. The molecule has 2 amide bonds. The maximum Gasteiger partial charge on any atom is 0.229 e. The number of likely N-dealkylation sites (tertiary alicyclic amines) is 1. The van der Waals surface area contributed by atoms with Gasteiger partial charge >= 0.3 is 0 Å². The van der Waals surface area contributed by atoms with E-state index in [1.807, 2.05) is 35.4 Å². The fourth-order valence-electron chi connectivity index (χ4n) is 3.61. The van der Waals surface area contributed by atoms with E-state index in [-0.39, 0.29) is 17.7 Å². The molecule has 5 heteroatoms. The second kappa shape index (κ2) is 9.78. The lowest BCUT2D eigenvalue weighted by Gasteiger charge is -2.32. The molecule has 1 heterocycles. The number of anilines is 1. The van der Waals surface area contributed by atoms with Crippen molar-refractivity contribution in [3.05, 3.63) is 54.1 Å². The van der Waals surface area contributed by atoms with Crippen molar-refractivity contribution in [1.82, 2.24) is 4.90 Å². The lowest BCUT2D eigenvalue weighted by Crippen LogP contribution is -2.43. The second-order valence-corrected chi connectivity index (χ2v) is 8.35. The Labute approximate surface area is 171 Å². The zero-order valence-electron chi connectivity index (χ0n) is 16.6. The number of piperidine rings is 1. The van der Waals surface area contributed by atoms with E-state index in [0.29, 0.717) is 13.0 Å². The third kappa shape index (κ3) is 5.38. The Morgan fingerprint density at radius 1 is 1.14 bits per heavy atom. The summed E-state index contributed by atoms with van der Waals surface area (Å²) >= 11 is 1.68. The standard InChI is InChI=1S/C23H28N2O2S/c1-17-6-3-7-18(14-17)19-8-4-10-21(15-19)24-23(27)20-9-5-12-25(16-20)22(26)11-13-28-2/h3-4,6-8,10,14-15,20H,5,9,11-13,16H2,1-2H3,(H,24,27)/t20-/m0/s1. The minimum Gasteiger partial charge on any atom is -0.342 e. The SMILES string of the molecule is CSCCC(=O)N1CCC[C@H](C(=O)Nc2cccc(-c3cccc(C)c3)c2)C1. The Balaban J connectivity index is 1.64. The van der Waals surface area contributed by atoms with Crippen LogP contribution in [0.4, 0.5) is 5.69 Å². The highest BCUT2D eigenvalue weighted by molar-refractivity contribution is 7.98. The van der Waals surface area contributed by atoms with Crippen LogP contribution in [0.1, 0.15) is 24.8 Å². The molecule has 3 rings (SSSR count). The van der Waals surface area contributed by atoms with Crippen molar-refractivity contribution >= 4 is 29.3 Å². The normalized spacial score (nSPS) is 16.6. The van der Waals surface area contributed by atoms with Crippen molar-refractivity contribution in [2.75, 3.05) is 30.4 Å². The topological polar surface area (TPSA) is 49.4 Å². The Morgan fingerprint density at radius 3 is 2.64 bits per heavy atom. The molecular weight excluding hydrogens is 368 g/mol. The van der Waals surface area contributed by atoms with Crippen LogP contribution >= 0.6 is 11.8 Å². The molecule has 0 aromatic heterocycles. The van der Waals surface area contributed by atoms with E-state index < -0.39 is 0 Å². The molecule has 0 bridgehead atoms. The molecule has 28 heavy (non-hydrogen) atoms. The average Bonchev–Trinajstić information content (AvgIpc) is 2.72. The van der Waals surface area contributed by atoms with E-state index in [1.165, 1.54) is 5.56 Å². The van der Waals surface area contributed by atoms with Gasteiger partial charge in [-0.2, -0.15) is 11.8 Å². The van der Waals surface area contributed by atoms with Gasteiger partial charge in [0.1, 0.15) is 0 Å². The van der Waals surface area contributed by atoms with Gasteiger partial charge in [-0.1, -0.05) is 42.0 Å². The molecule has 0 radical (unpaired) electrons. The van der Waals surface area contributed by atoms with Crippen LogP contribution < -0.4 is 5.32 Å². The quantitative estimate of drug-likeness (QED) is 0.777. The highest BCUT2D eigenvalue weighted by Gasteiger charge is 2.28. The first-order chi connectivity index (χ1) is 13.6. The van der Waals surface area contributed by atoms with Crippen molar-refractivity contribution in [3.8, 4) is 11.1 Å². The van der Waals surface area contributed by atoms with Crippen LogP contribution in [0.5, 0.6) is 0 Å². The van der Waals surface area contributed by atoms with Crippen molar-refractivity contribution < 1.29 is 9.59 Å². The van der Waals surface area contributed by atoms with Crippen LogP contribution in [-0.2, 0) is 9.59 Å². The monoisotopic (exact) mass is 396 g/mol. The Kier molecular flexibility index (Phi) is 7.15. The first-order valence-corrected chi connectivity index (χ1v) is 11.2. The van der Waals surface area contributed by atoms with Crippen LogP contribution in [0.15, 0.2) is 48.5 Å². The molecule has 0 aliphatic carbocycles. The molecule has 148 valence electrons. The number of nitrogens with one attached hydrogen (secondary N) is 1. The van der Waals surface area contributed by atoms with E-state index in [4.69, 9.17) is 0 Å². The second-order valence-electron chi connectivity index (χ2n) is 7.36. The molecule has 2 aromatic carbocycles. The maximum absolute atomic E-state index is 12.8. The number of benzene rings is 2. The summed E-state index contributed by atoms with van der Waals surface area (Å²) in [5.74, 6) is 0.851. The zero-order valence-corrected chi connectivity index (χ0v) is 17.4. The van der Waals surface area contributed by atoms with Crippen LogP contribution in [0, 0.1) is 12.8 Å². The van der Waals surface area contributed by atoms with Crippen molar-refractivity contribution in [2.24, 2.45) is 5.92 Å². The molecule has 0 unspecified atom stereocenters. The zero-order chi connectivity index (χ0) is 19.9. The van der Waals surface area contributed by atoms with Gasteiger partial charge < -0.3 is 10.2 Å². The van der Waals surface area contributed by atoms with E-state index in [9.17, 15) is 9.59 Å². The van der Waals surface area contributed by atoms with Gasteiger partial charge in [0.2, 0.25) is 11.8 Å². The van der Waals surface area contributed by atoms with E-state index in [2.05, 4.69) is 36.5 Å². The largest absolute Gasteiger partial charge is 0.342 e. The molecule has 1 aliphatic heterocycles. The van der Waals surface area contributed by atoms with Gasteiger partial charge in [0.25, 0.3) is 0 Å². The Hall–Kier alpha value is -2.27. The van der Waals surface area contributed by atoms with Gasteiger partial charge in [-0.25, -0.2) is 0 Å². The lowest BCUT2D eigenvalue weighted by molar-refractivity contribution is -0.134. The lowest BCUT2D eigenvalue weighted by atomic mass is 9.96. The molecule has 1 aliphatic rings. The molecular formula is C23H28N2O2S. The molecule has 1 saturated heterocycles. The summed E-state index contributed by atoms with van der Waals surface area (Å²) < 4.78 is 0. The van der Waals surface area contributed by atoms with Crippen molar-refractivity contribution in [3.63, 3.8) is 0 Å². The van der Waals surface area contributed by atoms with Gasteiger partial charge in [-0.15, -0.1) is 0 Å². The van der Waals surface area contributed by atoms with Gasteiger partial charge in [-0.05, 0) is 49.3 Å². The van der Waals surface area contributed by atoms with Gasteiger partial charge in [-0.3, -0.25) is 9.59 Å². The van der Waals surface area contributed by atoms with Crippen LogP contribution in [0.3, 0.4) is 0 Å². The van der Waals surface area contributed by atoms with Crippen LogP contribution in [-0.4, -0.2) is 41.8 Å². The van der Waals surface area contributed by atoms with Crippen LogP contribution in [0.25, 0.3) is 11.1 Å². The third-order valence-corrected chi connectivity index (χ3v) is 5.76. The molecule has 1 atom stereocenters. The summed E-state index contributed by atoms with van der Waals surface area (Å²) in [7, 11) is 0. The first-order valence-electron chi connectivity index (χ1n) is 9.81. The minimum atomic E-state index is -0.144. The highest BCUT2D eigenvalue weighted by atomic mass is 32.2. The molecule has 0 saturated carbocycles. The summed E-state index contributed by atoms with van der Waals surface area (Å²) in [5.41, 5.74) is 4.23. The molecule has 1 fully saturated rings. The first kappa shape index (κ1) is 20.5. The van der Waals surface area contributed by atoms with Crippen LogP contribution in [0.2, 0.25) is 0 Å². The number of amides is 2. The molecule has 0 spiro atoms. The predicted octanol–water partition coefficient (Wildman–Crippen LogP) is 4.59. The number of thioether (sulfide) groups is 1. The summed E-state index contributed by atoms with van der Waals surface area (Å²) in [6.07, 6.45) is 4.26. The van der Waals surface area contributed by atoms with E-state index in [0.717, 1.165) is 42.0 Å². The number of nitrogens with zero attached hydrogens (tertiary/aromatic N) is 1. The number of aryl methyl sites for hydroxylation is 1. The maximum atomic E-state index is 12.8.